The molecule has 0 aliphatic rings. The molecule has 0 fully saturated rings. The minimum Gasteiger partial charge on any atom is -0.457 e. The fraction of sp³-hybridized carbons (Fsp3) is 0.150. The van der Waals surface area contributed by atoms with Crippen molar-refractivity contribution in [1.82, 2.24) is 0 Å². The highest BCUT2D eigenvalue weighted by Gasteiger charge is 2.14. The molecular weight excluding hydrogens is 348 g/mol. The van der Waals surface area contributed by atoms with Crippen molar-refractivity contribution < 1.29 is 18.7 Å². The number of benzene rings is 2. The molecule has 0 bridgehead atoms. The van der Waals surface area contributed by atoms with Gasteiger partial charge in [-0.05, 0) is 30.7 Å². The summed E-state index contributed by atoms with van der Waals surface area (Å²) in [5, 5.41) is 3.22. The molecule has 0 radical (unpaired) electrons. The number of fused-ring (bicyclic) bond motifs is 1. The molecule has 1 aromatic heterocycles. The average Bonchev–Trinajstić information content (AvgIpc) is 2.60. The van der Waals surface area contributed by atoms with Crippen molar-refractivity contribution in [3.63, 3.8) is 0 Å². The summed E-state index contributed by atoms with van der Waals surface area (Å²) >= 11 is 0. The van der Waals surface area contributed by atoms with Crippen LogP contribution in [0.1, 0.15) is 28.4 Å². The third-order valence-corrected chi connectivity index (χ3v) is 4.05. The molecule has 1 heterocycles. The van der Waals surface area contributed by atoms with Gasteiger partial charge in [-0.3, -0.25) is 4.79 Å². The zero-order chi connectivity index (χ0) is 19.6. The predicted molar refractivity (Wildman–Crippen MR) is 101 cm³/mol. The first-order valence-corrected chi connectivity index (χ1v) is 8.22. The number of amides is 1. The van der Waals surface area contributed by atoms with Gasteiger partial charge in [-0.25, -0.2) is 9.59 Å². The second-order valence-corrected chi connectivity index (χ2v) is 6.10. The highest BCUT2D eigenvalue weighted by atomic mass is 16.5. The second kappa shape index (κ2) is 7.33. The number of carbonyl (C=O) groups excluding carboxylic acids is 2. The highest BCUT2D eigenvalue weighted by Crippen LogP contribution is 2.23. The molecule has 3 aromatic rings. The number of esters is 1. The maximum absolute atomic E-state index is 12.3. The highest BCUT2D eigenvalue weighted by molar-refractivity contribution is 5.96. The summed E-state index contributed by atoms with van der Waals surface area (Å²) in [5.74, 6) is -0.815. The minimum absolute atomic E-state index is 0.117. The molecule has 2 aromatic carbocycles. The number of anilines is 2. The van der Waals surface area contributed by atoms with E-state index in [2.05, 4.69) is 5.32 Å². The van der Waals surface area contributed by atoms with Crippen LogP contribution in [0.5, 0.6) is 0 Å². The third-order valence-electron chi connectivity index (χ3n) is 4.05. The predicted octanol–water partition coefficient (Wildman–Crippen LogP) is 3.00. The van der Waals surface area contributed by atoms with Crippen LogP contribution in [0.15, 0.2) is 51.7 Å². The normalized spacial score (nSPS) is 10.6. The van der Waals surface area contributed by atoms with Crippen LogP contribution in [0.3, 0.4) is 0 Å². The van der Waals surface area contributed by atoms with Crippen molar-refractivity contribution in [2.75, 3.05) is 11.1 Å². The summed E-state index contributed by atoms with van der Waals surface area (Å²) in [4.78, 5) is 35.3. The van der Waals surface area contributed by atoms with Crippen LogP contribution in [-0.4, -0.2) is 11.9 Å². The Morgan fingerprint density at radius 2 is 1.96 bits per heavy atom. The number of para-hydroxylation sites is 1. The van der Waals surface area contributed by atoms with Gasteiger partial charge in [0.15, 0.2) is 0 Å². The summed E-state index contributed by atoms with van der Waals surface area (Å²) in [7, 11) is 0. The van der Waals surface area contributed by atoms with Crippen molar-refractivity contribution in [2.45, 2.75) is 20.5 Å². The Hall–Kier alpha value is -3.61. The van der Waals surface area contributed by atoms with Gasteiger partial charge >= 0.3 is 11.6 Å². The van der Waals surface area contributed by atoms with Crippen LogP contribution >= 0.6 is 0 Å². The zero-order valence-electron chi connectivity index (χ0n) is 14.9. The molecule has 0 unspecified atom stereocenters. The van der Waals surface area contributed by atoms with Gasteiger partial charge in [0.25, 0.3) is 0 Å². The Bertz CT molecular complexity index is 1100. The van der Waals surface area contributed by atoms with Crippen LogP contribution in [0.2, 0.25) is 0 Å². The molecule has 0 spiro atoms. The molecule has 7 nitrogen and oxygen atoms in total. The Kier molecular flexibility index (Phi) is 4.94. The lowest BCUT2D eigenvalue weighted by atomic mass is 10.1. The van der Waals surface area contributed by atoms with Crippen LogP contribution < -0.4 is 16.7 Å². The van der Waals surface area contributed by atoms with Crippen LogP contribution in [-0.2, 0) is 16.1 Å². The van der Waals surface area contributed by atoms with Gasteiger partial charge in [-0.15, -0.1) is 0 Å². The zero-order valence-corrected chi connectivity index (χ0v) is 14.9. The molecule has 0 saturated carbocycles. The first kappa shape index (κ1) is 18.2. The van der Waals surface area contributed by atoms with Gasteiger partial charge < -0.3 is 20.2 Å². The lowest BCUT2D eigenvalue weighted by Gasteiger charge is -2.10. The van der Waals surface area contributed by atoms with Gasteiger partial charge in [0.1, 0.15) is 12.2 Å². The van der Waals surface area contributed by atoms with E-state index in [0.717, 1.165) is 5.56 Å². The Morgan fingerprint density at radius 1 is 1.19 bits per heavy atom. The molecule has 7 heteroatoms. The molecule has 0 atom stereocenters. The first-order valence-electron chi connectivity index (χ1n) is 8.22. The van der Waals surface area contributed by atoms with E-state index in [0.29, 0.717) is 22.3 Å². The second-order valence-electron chi connectivity index (χ2n) is 6.10. The van der Waals surface area contributed by atoms with E-state index in [-0.39, 0.29) is 23.7 Å². The van der Waals surface area contributed by atoms with Gasteiger partial charge in [-0.2, -0.15) is 0 Å². The molecule has 0 aliphatic heterocycles. The molecule has 3 N–H and O–H groups in total. The molecule has 0 aliphatic carbocycles. The fourth-order valence-corrected chi connectivity index (χ4v) is 2.71. The van der Waals surface area contributed by atoms with Crippen molar-refractivity contribution in [3.8, 4) is 0 Å². The Labute approximate surface area is 154 Å². The van der Waals surface area contributed by atoms with E-state index in [1.807, 2.05) is 0 Å². The number of rotatable bonds is 4. The minimum atomic E-state index is -0.580. The van der Waals surface area contributed by atoms with Crippen LogP contribution in [0.4, 0.5) is 11.4 Å². The van der Waals surface area contributed by atoms with Gasteiger partial charge in [0.2, 0.25) is 5.91 Å². The standard InChI is InChI=1S/C20H18N2O5/c1-11-4-3-5-16(19(11)21)20(25)26-10-13-8-18(24)27-17-9-14(22-12(2)23)6-7-15(13)17/h3-9H,10,21H2,1-2H3,(H,22,23). The van der Waals surface area contributed by atoms with Crippen molar-refractivity contribution >= 4 is 34.2 Å². The molecule has 3 rings (SSSR count). The van der Waals surface area contributed by atoms with E-state index in [1.54, 1.807) is 43.3 Å². The summed E-state index contributed by atoms with van der Waals surface area (Å²) in [6.45, 7) is 3.07. The van der Waals surface area contributed by atoms with Crippen molar-refractivity contribution in [3.05, 3.63) is 69.6 Å². The van der Waals surface area contributed by atoms with Crippen molar-refractivity contribution in [1.29, 1.82) is 0 Å². The lowest BCUT2D eigenvalue weighted by Crippen LogP contribution is -2.11. The topological polar surface area (TPSA) is 112 Å². The first-order chi connectivity index (χ1) is 12.8. The van der Waals surface area contributed by atoms with E-state index < -0.39 is 11.6 Å². The number of hydrogen-bond donors (Lipinski definition) is 2. The SMILES string of the molecule is CC(=O)Nc1ccc2c(COC(=O)c3cccc(C)c3N)cc(=O)oc2c1. The smallest absolute Gasteiger partial charge is 0.340 e. The van der Waals surface area contributed by atoms with Crippen molar-refractivity contribution in [2.24, 2.45) is 0 Å². The molecule has 1 amide bonds. The third kappa shape index (κ3) is 3.98. The number of carbonyl (C=O) groups is 2. The largest absolute Gasteiger partial charge is 0.457 e. The number of aryl methyl sites for hydroxylation is 1. The number of nitrogens with two attached hydrogens (primary N) is 1. The van der Waals surface area contributed by atoms with Crippen LogP contribution in [0.25, 0.3) is 11.0 Å². The number of hydrogen-bond acceptors (Lipinski definition) is 6. The number of nitrogens with one attached hydrogen (secondary N) is 1. The van der Waals surface area contributed by atoms with Crippen LogP contribution in [0, 0.1) is 6.92 Å². The maximum atomic E-state index is 12.3. The quantitative estimate of drug-likeness (QED) is 0.417. The summed E-state index contributed by atoms with van der Waals surface area (Å²) in [6.07, 6.45) is 0. The Balaban J connectivity index is 1.88. The van der Waals surface area contributed by atoms with Gasteiger partial charge in [0.05, 0.1) is 5.56 Å². The van der Waals surface area contributed by atoms with E-state index in [9.17, 15) is 14.4 Å². The van der Waals surface area contributed by atoms with Gasteiger partial charge in [-0.1, -0.05) is 12.1 Å². The molecular formula is C20H18N2O5. The molecule has 0 saturated heterocycles. The number of nitrogen functional groups attached to an aromatic ring is 1. The van der Waals surface area contributed by atoms with Gasteiger partial charge in [0, 0.05) is 41.4 Å². The average molecular weight is 366 g/mol. The summed E-state index contributed by atoms with van der Waals surface area (Å²) in [6, 6.07) is 11.3. The fourth-order valence-electron chi connectivity index (χ4n) is 2.71. The van der Waals surface area contributed by atoms with E-state index >= 15 is 0 Å². The molecule has 138 valence electrons. The van der Waals surface area contributed by atoms with E-state index in [4.69, 9.17) is 14.9 Å². The lowest BCUT2D eigenvalue weighted by molar-refractivity contribution is -0.114. The summed E-state index contributed by atoms with van der Waals surface area (Å²) in [5.41, 5.74) is 8.04. The monoisotopic (exact) mass is 366 g/mol. The summed E-state index contributed by atoms with van der Waals surface area (Å²) < 4.78 is 10.5. The number of ether oxygens (including phenoxy) is 1. The maximum Gasteiger partial charge on any atom is 0.340 e. The molecule has 27 heavy (non-hydrogen) atoms. The Morgan fingerprint density at radius 3 is 2.70 bits per heavy atom. The van der Waals surface area contributed by atoms with E-state index in [1.165, 1.54) is 13.0 Å².